The minimum atomic E-state index is -0.700. The second-order valence-corrected chi connectivity index (χ2v) is 4.73. The summed E-state index contributed by atoms with van der Waals surface area (Å²) in [6, 6.07) is 4.11. The summed E-state index contributed by atoms with van der Waals surface area (Å²) in [6.45, 7) is 5.01. The third kappa shape index (κ3) is 4.88. The largest absolute Gasteiger partial charge is 0.366 e. The lowest BCUT2D eigenvalue weighted by Crippen LogP contribution is -2.30. The molecule has 0 aromatic heterocycles. The predicted octanol–water partition coefficient (Wildman–Crippen LogP) is 0.0685. The van der Waals surface area contributed by atoms with Gasteiger partial charge in [0, 0.05) is 29.3 Å². The van der Waals surface area contributed by atoms with Crippen LogP contribution in [-0.4, -0.2) is 30.8 Å². The van der Waals surface area contributed by atoms with Crippen molar-refractivity contribution >= 4 is 23.4 Å². The van der Waals surface area contributed by atoms with Gasteiger partial charge in [0.2, 0.25) is 17.7 Å². The molecule has 0 saturated carbocycles. The standard InChI is InChI=1S/C14H20N4O3/c1-3-17-7-8(2)14(21)18-11-5-9(12(15)19)4-10(6-11)13(16)20/h4-6,8,17H,3,7H2,1-2H3,(H2,15,19)(H2,16,20)(H,18,21). The quantitative estimate of drug-likeness (QED) is 0.567. The van der Waals surface area contributed by atoms with E-state index in [0.29, 0.717) is 12.2 Å². The molecule has 0 spiro atoms. The van der Waals surface area contributed by atoms with Crippen molar-refractivity contribution in [2.75, 3.05) is 18.4 Å². The maximum absolute atomic E-state index is 12.0. The van der Waals surface area contributed by atoms with Crippen LogP contribution in [0.15, 0.2) is 18.2 Å². The van der Waals surface area contributed by atoms with E-state index >= 15 is 0 Å². The van der Waals surface area contributed by atoms with Gasteiger partial charge in [-0.25, -0.2) is 0 Å². The maximum atomic E-state index is 12.0. The molecule has 21 heavy (non-hydrogen) atoms. The third-order valence-electron chi connectivity index (χ3n) is 2.92. The first kappa shape index (κ1) is 16.6. The van der Waals surface area contributed by atoms with Gasteiger partial charge in [0.1, 0.15) is 0 Å². The molecular weight excluding hydrogens is 272 g/mol. The summed E-state index contributed by atoms with van der Waals surface area (Å²) in [5.41, 5.74) is 10.9. The van der Waals surface area contributed by atoms with Gasteiger partial charge in [-0.3, -0.25) is 14.4 Å². The fourth-order valence-corrected chi connectivity index (χ4v) is 1.70. The Morgan fingerprint density at radius 2 is 1.62 bits per heavy atom. The van der Waals surface area contributed by atoms with Crippen LogP contribution in [0.1, 0.15) is 34.6 Å². The Labute approximate surface area is 123 Å². The number of rotatable bonds is 7. The molecular formula is C14H20N4O3. The first-order valence-corrected chi connectivity index (χ1v) is 6.61. The maximum Gasteiger partial charge on any atom is 0.248 e. The highest BCUT2D eigenvalue weighted by atomic mass is 16.2. The Balaban J connectivity index is 2.94. The lowest BCUT2D eigenvalue weighted by molar-refractivity contribution is -0.119. The van der Waals surface area contributed by atoms with Crippen molar-refractivity contribution in [3.05, 3.63) is 29.3 Å². The molecule has 1 rings (SSSR count). The van der Waals surface area contributed by atoms with Gasteiger partial charge in [-0.1, -0.05) is 13.8 Å². The zero-order valence-corrected chi connectivity index (χ0v) is 12.1. The van der Waals surface area contributed by atoms with Crippen molar-refractivity contribution in [1.82, 2.24) is 5.32 Å². The van der Waals surface area contributed by atoms with Crippen LogP contribution in [0, 0.1) is 5.92 Å². The van der Waals surface area contributed by atoms with Crippen LogP contribution >= 0.6 is 0 Å². The van der Waals surface area contributed by atoms with Crippen LogP contribution < -0.4 is 22.1 Å². The molecule has 0 aliphatic heterocycles. The molecule has 0 fully saturated rings. The van der Waals surface area contributed by atoms with Crippen LogP contribution in [0.5, 0.6) is 0 Å². The van der Waals surface area contributed by atoms with Crippen LogP contribution in [0.2, 0.25) is 0 Å². The summed E-state index contributed by atoms with van der Waals surface area (Å²) in [7, 11) is 0. The van der Waals surface area contributed by atoms with Gasteiger partial charge in [0.25, 0.3) is 0 Å². The van der Waals surface area contributed by atoms with E-state index in [-0.39, 0.29) is 23.0 Å². The Morgan fingerprint density at radius 3 is 2.05 bits per heavy atom. The van der Waals surface area contributed by atoms with Crippen molar-refractivity contribution in [3.8, 4) is 0 Å². The molecule has 6 N–H and O–H groups in total. The number of hydrogen-bond acceptors (Lipinski definition) is 4. The smallest absolute Gasteiger partial charge is 0.248 e. The molecule has 1 atom stereocenters. The Kier molecular flexibility index (Phi) is 5.86. The number of carbonyl (C=O) groups excluding carboxylic acids is 3. The highest BCUT2D eigenvalue weighted by molar-refractivity contribution is 6.01. The molecule has 0 radical (unpaired) electrons. The topological polar surface area (TPSA) is 127 Å². The summed E-state index contributed by atoms with van der Waals surface area (Å²) in [5.74, 6) is -1.89. The molecule has 7 nitrogen and oxygen atoms in total. The molecule has 1 aromatic carbocycles. The van der Waals surface area contributed by atoms with E-state index in [1.807, 2.05) is 6.92 Å². The third-order valence-corrected chi connectivity index (χ3v) is 2.92. The number of nitrogens with two attached hydrogens (primary N) is 2. The van der Waals surface area contributed by atoms with Crippen molar-refractivity contribution < 1.29 is 14.4 Å². The summed E-state index contributed by atoms with van der Waals surface area (Å²) < 4.78 is 0. The molecule has 0 saturated heterocycles. The Morgan fingerprint density at radius 1 is 1.10 bits per heavy atom. The van der Waals surface area contributed by atoms with Crippen LogP contribution in [-0.2, 0) is 4.79 Å². The van der Waals surface area contributed by atoms with Crippen molar-refractivity contribution in [2.24, 2.45) is 17.4 Å². The SMILES string of the molecule is CCNCC(C)C(=O)Nc1cc(C(N)=O)cc(C(N)=O)c1. The van der Waals surface area contributed by atoms with Gasteiger partial charge < -0.3 is 22.1 Å². The van der Waals surface area contributed by atoms with Crippen molar-refractivity contribution in [3.63, 3.8) is 0 Å². The summed E-state index contributed by atoms with van der Waals surface area (Å²) in [6.07, 6.45) is 0. The number of benzene rings is 1. The average molecular weight is 292 g/mol. The van der Waals surface area contributed by atoms with Gasteiger partial charge in [-0.05, 0) is 24.7 Å². The monoisotopic (exact) mass is 292 g/mol. The highest BCUT2D eigenvalue weighted by Gasteiger charge is 2.15. The van der Waals surface area contributed by atoms with E-state index in [0.717, 1.165) is 6.54 Å². The number of anilines is 1. The number of nitrogens with one attached hydrogen (secondary N) is 2. The Bertz CT molecular complexity index is 525. The molecule has 0 bridgehead atoms. The number of hydrogen-bond donors (Lipinski definition) is 4. The van der Waals surface area contributed by atoms with Crippen molar-refractivity contribution in [1.29, 1.82) is 0 Å². The predicted molar refractivity (Wildman–Crippen MR) is 79.8 cm³/mol. The molecule has 0 aliphatic carbocycles. The molecule has 0 aliphatic rings. The lowest BCUT2D eigenvalue weighted by Gasteiger charge is -2.13. The van der Waals surface area contributed by atoms with Gasteiger partial charge in [0.15, 0.2) is 0 Å². The van der Waals surface area contributed by atoms with E-state index in [1.54, 1.807) is 6.92 Å². The zero-order valence-electron chi connectivity index (χ0n) is 12.1. The first-order chi connectivity index (χ1) is 9.85. The van der Waals surface area contributed by atoms with Crippen LogP contribution in [0.4, 0.5) is 5.69 Å². The molecule has 0 heterocycles. The minimum Gasteiger partial charge on any atom is -0.366 e. The molecule has 114 valence electrons. The first-order valence-electron chi connectivity index (χ1n) is 6.61. The van der Waals surface area contributed by atoms with Gasteiger partial charge in [-0.2, -0.15) is 0 Å². The number of primary amides is 2. The minimum absolute atomic E-state index is 0.112. The number of carbonyl (C=O) groups is 3. The van der Waals surface area contributed by atoms with E-state index in [2.05, 4.69) is 10.6 Å². The molecule has 7 heteroatoms. The summed E-state index contributed by atoms with van der Waals surface area (Å²) >= 11 is 0. The van der Waals surface area contributed by atoms with Crippen LogP contribution in [0.25, 0.3) is 0 Å². The lowest BCUT2D eigenvalue weighted by atomic mass is 10.1. The van der Waals surface area contributed by atoms with Crippen LogP contribution in [0.3, 0.4) is 0 Å². The van der Waals surface area contributed by atoms with E-state index < -0.39 is 11.8 Å². The summed E-state index contributed by atoms with van der Waals surface area (Å²) in [5, 5.41) is 5.71. The molecule has 3 amide bonds. The van der Waals surface area contributed by atoms with Gasteiger partial charge >= 0.3 is 0 Å². The van der Waals surface area contributed by atoms with E-state index in [4.69, 9.17) is 11.5 Å². The second kappa shape index (κ2) is 7.39. The van der Waals surface area contributed by atoms with E-state index in [1.165, 1.54) is 18.2 Å². The van der Waals surface area contributed by atoms with Gasteiger partial charge in [0.05, 0.1) is 0 Å². The summed E-state index contributed by atoms with van der Waals surface area (Å²) in [4.78, 5) is 34.5. The Hall–Kier alpha value is -2.41. The fourth-order valence-electron chi connectivity index (χ4n) is 1.70. The average Bonchev–Trinajstić information content (AvgIpc) is 2.44. The van der Waals surface area contributed by atoms with Gasteiger partial charge in [-0.15, -0.1) is 0 Å². The molecule has 1 aromatic rings. The second-order valence-electron chi connectivity index (χ2n) is 4.73. The number of amides is 3. The zero-order chi connectivity index (χ0) is 16.0. The molecule has 1 unspecified atom stereocenters. The highest BCUT2D eigenvalue weighted by Crippen LogP contribution is 2.15. The fraction of sp³-hybridized carbons (Fsp3) is 0.357. The van der Waals surface area contributed by atoms with E-state index in [9.17, 15) is 14.4 Å². The normalized spacial score (nSPS) is 11.7. The van der Waals surface area contributed by atoms with Crippen molar-refractivity contribution in [2.45, 2.75) is 13.8 Å².